The maximum Gasteiger partial charge on any atom is 0.414 e. The van der Waals surface area contributed by atoms with E-state index >= 15 is 0 Å². The molecule has 1 atom stereocenters. The van der Waals surface area contributed by atoms with Gasteiger partial charge in [-0.05, 0) is 17.7 Å². The third-order valence-electron chi connectivity index (χ3n) is 3.48. The minimum atomic E-state index is -1.82. The van der Waals surface area contributed by atoms with E-state index in [9.17, 15) is 0 Å². The van der Waals surface area contributed by atoms with Crippen LogP contribution in [0.4, 0.5) is 0 Å². The van der Waals surface area contributed by atoms with Crippen molar-refractivity contribution in [2.24, 2.45) is 0 Å². The van der Waals surface area contributed by atoms with Crippen LogP contribution in [0.5, 0.6) is 17.2 Å². The minimum Gasteiger partial charge on any atom is -0.493 e. The third kappa shape index (κ3) is 7.69. The van der Waals surface area contributed by atoms with E-state index in [2.05, 4.69) is 5.32 Å². The van der Waals surface area contributed by atoms with Crippen molar-refractivity contribution >= 4 is 11.9 Å². The van der Waals surface area contributed by atoms with Gasteiger partial charge in [-0.15, -0.1) is 0 Å². The van der Waals surface area contributed by atoms with Gasteiger partial charge in [0.2, 0.25) is 5.75 Å². The minimum absolute atomic E-state index is 0.112. The topological polar surface area (TPSA) is 133 Å². The molecule has 3 N–H and O–H groups in total. The van der Waals surface area contributed by atoms with Crippen molar-refractivity contribution in [3.63, 3.8) is 0 Å². The van der Waals surface area contributed by atoms with Gasteiger partial charge in [-0.1, -0.05) is 0 Å². The van der Waals surface area contributed by atoms with Crippen LogP contribution >= 0.6 is 0 Å². The Morgan fingerprint density at radius 2 is 1.70 bits per heavy atom. The van der Waals surface area contributed by atoms with Gasteiger partial charge in [0.25, 0.3) is 0 Å². The second-order valence-corrected chi connectivity index (χ2v) is 5.36. The molecule has 10 heteroatoms. The van der Waals surface area contributed by atoms with Crippen molar-refractivity contribution in [1.82, 2.24) is 5.32 Å². The lowest BCUT2D eigenvalue weighted by Crippen LogP contribution is -2.40. The average Bonchev–Trinajstić information content (AvgIpc) is 2.68. The number of carbonyl (C=O) groups is 2. The largest absolute Gasteiger partial charge is 0.493 e. The van der Waals surface area contributed by atoms with E-state index in [-0.39, 0.29) is 6.10 Å². The van der Waals surface area contributed by atoms with E-state index < -0.39 is 11.9 Å². The van der Waals surface area contributed by atoms with E-state index in [1.165, 1.54) is 0 Å². The van der Waals surface area contributed by atoms with Crippen molar-refractivity contribution < 1.29 is 43.5 Å². The SMILES string of the molecule is COc1cc(COCC2CNCCO2)cc(OC)c1OC.O=C(O)C(=O)O. The zero-order valence-corrected chi connectivity index (χ0v) is 15.5. The highest BCUT2D eigenvalue weighted by molar-refractivity contribution is 6.27. The molecular formula is C17H25NO9. The molecule has 0 amide bonds. The van der Waals surface area contributed by atoms with Crippen molar-refractivity contribution in [3.8, 4) is 17.2 Å². The fourth-order valence-corrected chi connectivity index (χ4v) is 2.25. The number of rotatable bonds is 7. The van der Waals surface area contributed by atoms with Gasteiger partial charge >= 0.3 is 11.9 Å². The summed E-state index contributed by atoms with van der Waals surface area (Å²) < 4.78 is 27.2. The molecule has 1 aliphatic rings. The van der Waals surface area contributed by atoms with Crippen LogP contribution in [-0.2, 0) is 25.7 Å². The van der Waals surface area contributed by atoms with Crippen molar-refractivity contribution in [1.29, 1.82) is 0 Å². The van der Waals surface area contributed by atoms with Crippen molar-refractivity contribution in [2.75, 3.05) is 47.6 Å². The number of hydrogen-bond acceptors (Lipinski definition) is 8. The Kier molecular flexibility index (Phi) is 9.94. The number of morpholine rings is 1. The Morgan fingerprint density at radius 3 is 2.11 bits per heavy atom. The Morgan fingerprint density at radius 1 is 1.11 bits per heavy atom. The monoisotopic (exact) mass is 387 g/mol. The van der Waals surface area contributed by atoms with Gasteiger partial charge in [-0.25, -0.2) is 9.59 Å². The second kappa shape index (κ2) is 11.9. The molecule has 10 nitrogen and oxygen atoms in total. The molecule has 0 radical (unpaired) electrons. The fourth-order valence-electron chi connectivity index (χ4n) is 2.25. The number of benzene rings is 1. The Hall–Kier alpha value is -2.56. The van der Waals surface area contributed by atoms with Crippen LogP contribution < -0.4 is 19.5 Å². The van der Waals surface area contributed by atoms with Crippen LogP contribution in [0.3, 0.4) is 0 Å². The zero-order valence-electron chi connectivity index (χ0n) is 15.5. The van der Waals surface area contributed by atoms with E-state index in [0.717, 1.165) is 25.3 Å². The normalized spacial score (nSPS) is 15.9. The smallest absolute Gasteiger partial charge is 0.414 e. The van der Waals surface area contributed by atoms with Gasteiger partial charge in [-0.2, -0.15) is 0 Å². The number of nitrogens with one attached hydrogen (secondary N) is 1. The third-order valence-corrected chi connectivity index (χ3v) is 3.48. The summed E-state index contributed by atoms with van der Waals surface area (Å²) in [6.07, 6.45) is 0.112. The molecule has 1 aromatic carbocycles. The molecule has 1 aliphatic heterocycles. The quantitative estimate of drug-likeness (QED) is 0.564. The molecule has 27 heavy (non-hydrogen) atoms. The lowest BCUT2D eigenvalue weighted by atomic mass is 10.2. The first-order valence-electron chi connectivity index (χ1n) is 8.08. The van der Waals surface area contributed by atoms with Gasteiger partial charge in [0.1, 0.15) is 0 Å². The summed E-state index contributed by atoms with van der Waals surface area (Å²) in [5, 5.41) is 18.1. The molecule has 1 heterocycles. The predicted octanol–water partition coefficient (Wildman–Crippen LogP) is 0.373. The van der Waals surface area contributed by atoms with Gasteiger partial charge in [0.15, 0.2) is 11.5 Å². The molecule has 2 rings (SSSR count). The Balaban J connectivity index is 0.000000527. The zero-order chi connectivity index (χ0) is 20.2. The molecule has 0 aliphatic carbocycles. The molecule has 1 aromatic rings. The number of hydrogen-bond donors (Lipinski definition) is 3. The number of carboxylic acids is 2. The molecule has 1 saturated heterocycles. The number of ether oxygens (including phenoxy) is 5. The standard InChI is InChI=1S/C15H23NO5.C2H2O4/c1-17-13-6-11(7-14(18-2)15(13)19-3)9-20-10-12-8-16-4-5-21-12;3-1(4)2(5)6/h6-7,12,16H,4-5,8-10H2,1-3H3;(H,3,4)(H,5,6). The van der Waals surface area contributed by atoms with Crippen LogP contribution in [0.1, 0.15) is 5.56 Å². The summed E-state index contributed by atoms with van der Waals surface area (Å²) in [6.45, 7) is 3.50. The molecule has 0 bridgehead atoms. The van der Waals surface area contributed by atoms with Crippen LogP contribution in [0.25, 0.3) is 0 Å². The predicted molar refractivity (Wildman–Crippen MR) is 93.6 cm³/mol. The first kappa shape index (κ1) is 22.5. The van der Waals surface area contributed by atoms with Crippen molar-refractivity contribution in [3.05, 3.63) is 17.7 Å². The number of carboxylic acid groups (broad SMARTS) is 2. The average molecular weight is 387 g/mol. The summed E-state index contributed by atoms with van der Waals surface area (Å²) in [4.78, 5) is 18.2. The second-order valence-electron chi connectivity index (χ2n) is 5.36. The Bertz CT molecular complexity index is 577. The maximum absolute atomic E-state index is 9.10. The first-order chi connectivity index (χ1) is 12.9. The number of aliphatic carboxylic acids is 2. The lowest BCUT2D eigenvalue weighted by Gasteiger charge is -2.23. The van der Waals surface area contributed by atoms with Crippen LogP contribution in [0.2, 0.25) is 0 Å². The van der Waals surface area contributed by atoms with E-state index in [1.807, 2.05) is 12.1 Å². The first-order valence-corrected chi connectivity index (χ1v) is 8.08. The highest BCUT2D eigenvalue weighted by Gasteiger charge is 2.15. The van der Waals surface area contributed by atoms with Crippen LogP contribution in [0.15, 0.2) is 12.1 Å². The van der Waals surface area contributed by atoms with Crippen LogP contribution in [0, 0.1) is 0 Å². The number of methoxy groups -OCH3 is 3. The fraction of sp³-hybridized carbons (Fsp3) is 0.529. The summed E-state index contributed by atoms with van der Waals surface area (Å²) >= 11 is 0. The van der Waals surface area contributed by atoms with Gasteiger partial charge < -0.3 is 39.2 Å². The molecule has 0 spiro atoms. The maximum atomic E-state index is 9.10. The summed E-state index contributed by atoms with van der Waals surface area (Å²) in [5.74, 6) is -1.80. The summed E-state index contributed by atoms with van der Waals surface area (Å²) in [5.41, 5.74) is 0.966. The summed E-state index contributed by atoms with van der Waals surface area (Å²) in [7, 11) is 4.79. The van der Waals surface area contributed by atoms with Gasteiger partial charge in [0.05, 0.1) is 47.3 Å². The molecule has 1 fully saturated rings. The van der Waals surface area contributed by atoms with Crippen molar-refractivity contribution in [2.45, 2.75) is 12.7 Å². The lowest BCUT2D eigenvalue weighted by molar-refractivity contribution is -0.159. The molecular weight excluding hydrogens is 362 g/mol. The molecule has 1 unspecified atom stereocenters. The molecule has 152 valence electrons. The highest BCUT2D eigenvalue weighted by atomic mass is 16.5. The van der Waals surface area contributed by atoms with E-state index in [4.69, 9.17) is 43.5 Å². The van der Waals surface area contributed by atoms with Gasteiger partial charge in [-0.3, -0.25) is 0 Å². The summed E-state index contributed by atoms with van der Waals surface area (Å²) in [6, 6.07) is 3.78. The van der Waals surface area contributed by atoms with Crippen LogP contribution in [-0.4, -0.2) is 75.9 Å². The van der Waals surface area contributed by atoms with E-state index in [1.54, 1.807) is 21.3 Å². The van der Waals surface area contributed by atoms with Gasteiger partial charge in [0, 0.05) is 13.1 Å². The van der Waals surface area contributed by atoms with E-state index in [0.29, 0.717) is 30.5 Å². The highest BCUT2D eigenvalue weighted by Crippen LogP contribution is 2.38. The molecule has 0 aromatic heterocycles. The Labute approximate surface area is 156 Å². The molecule has 0 saturated carbocycles.